The van der Waals surface area contributed by atoms with E-state index >= 15 is 0 Å². The molecule has 0 amide bonds. The maximum Gasteiger partial charge on any atom is 0.225 e. The highest BCUT2D eigenvalue weighted by molar-refractivity contribution is 5.44. The highest BCUT2D eigenvalue weighted by Gasteiger charge is 2.23. The van der Waals surface area contributed by atoms with Gasteiger partial charge in [0, 0.05) is 38.6 Å². The highest BCUT2D eigenvalue weighted by Crippen LogP contribution is 2.21. The number of halogens is 1. The van der Waals surface area contributed by atoms with Crippen molar-refractivity contribution in [3.05, 3.63) is 35.3 Å². The number of piperazine rings is 1. The lowest BCUT2D eigenvalue weighted by molar-refractivity contribution is 0.569. The average Bonchev–Trinajstić information content (AvgIpc) is 2.58. The van der Waals surface area contributed by atoms with Crippen LogP contribution in [0, 0.1) is 19.7 Å². The molecule has 0 bridgehead atoms. The summed E-state index contributed by atoms with van der Waals surface area (Å²) >= 11 is 0. The number of rotatable bonds is 3. The average molecular weight is 316 g/mol. The standard InChI is InChI=1S/C16H21FN6/c1-4-13-9-18-16(19-10-13)23-7-5-22(6-8-23)15-14(17)11(2)20-12(3)21-15/h9-10H,4-8H2,1-3H3. The molecule has 1 aliphatic heterocycles. The van der Waals surface area contributed by atoms with E-state index in [1.807, 2.05) is 17.3 Å². The molecule has 2 aromatic rings. The van der Waals surface area contributed by atoms with Crippen LogP contribution >= 0.6 is 0 Å². The van der Waals surface area contributed by atoms with E-state index in [0.717, 1.165) is 31.0 Å². The van der Waals surface area contributed by atoms with E-state index in [-0.39, 0.29) is 5.82 Å². The molecule has 7 heteroatoms. The summed E-state index contributed by atoms with van der Waals surface area (Å²) in [4.78, 5) is 21.2. The van der Waals surface area contributed by atoms with Gasteiger partial charge in [-0.15, -0.1) is 0 Å². The highest BCUT2D eigenvalue weighted by atomic mass is 19.1. The molecule has 6 nitrogen and oxygen atoms in total. The van der Waals surface area contributed by atoms with Crippen molar-refractivity contribution in [2.75, 3.05) is 36.0 Å². The molecule has 23 heavy (non-hydrogen) atoms. The molecule has 1 saturated heterocycles. The van der Waals surface area contributed by atoms with Crippen LogP contribution in [0.4, 0.5) is 16.2 Å². The van der Waals surface area contributed by atoms with Crippen molar-refractivity contribution >= 4 is 11.8 Å². The Balaban J connectivity index is 1.71. The summed E-state index contributed by atoms with van der Waals surface area (Å²) in [6.45, 7) is 8.40. The van der Waals surface area contributed by atoms with Gasteiger partial charge in [-0.2, -0.15) is 0 Å². The van der Waals surface area contributed by atoms with Gasteiger partial charge in [-0.05, 0) is 25.8 Å². The number of aromatic nitrogens is 4. The zero-order chi connectivity index (χ0) is 16.4. The first-order chi connectivity index (χ1) is 11.1. The second-order valence-electron chi connectivity index (χ2n) is 5.71. The lowest BCUT2D eigenvalue weighted by Gasteiger charge is -2.35. The monoisotopic (exact) mass is 316 g/mol. The third-order valence-corrected chi connectivity index (χ3v) is 4.07. The fraction of sp³-hybridized carbons (Fsp3) is 0.500. The van der Waals surface area contributed by atoms with Gasteiger partial charge in [0.15, 0.2) is 11.6 Å². The Morgan fingerprint density at radius 2 is 1.61 bits per heavy atom. The van der Waals surface area contributed by atoms with E-state index in [0.29, 0.717) is 30.4 Å². The van der Waals surface area contributed by atoms with Gasteiger partial charge in [0.1, 0.15) is 5.82 Å². The molecule has 3 rings (SSSR count). The molecule has 0 spiro atoms. The Kier molecular flexibility index (Phi) is 4.36. The first-order valence-corrected chi connectivity index (χ1v) is 7.90. The summed E-state index contributed by atoms with van der Waals surface area (Å²) in [6, 6.07) is 0. The van der Waals surface area contributed by atoms with E-state index in [1.54, 1.807) is 13.8 Å². The second-order valence-corrected chi connectivity index (χ2v) is 5.71. The molecule has 0 radical (unpaired) electrons. The van der Waals surface area contributed by atoms with Crippen molar-refractivity contribution in [3.63, 3.8) is 0 Å². The van der Waals surface area contributed by atoms with Gasteiger partial charge in [-0.3, -0.25) is 0 Å². The van der Waals surface area contributed by atoms with Crippen molar-refractivity contribution in [2.45, 2.75) is 27.2 Å². The summed E-state index contributed by atoms with van der Waals surface area (Å²) in [6.07, 6.45) is 4.66. The molecule has 0 atom stereocenters. The van der Waals surface area contributed by atoms with Crippen molar-refractivity contribution in [1.29, 1.82) is 0 Å². The van der Waals surface area contributed by atoms with E-state index in [1.165, 1.54) is 0 Å². The number of aryl methyl sites for hydroxylation is 3. The van der Waals surface area contributed by atoms with E-state index in [4.69, 9.17) is 0 Å². The lowest BCUT2D eigenvalue weighted by atomic mass is 10.2. The third kappa shape index (κ3) is 3.23. The number of hydrogen-bond acceptors (Lipinski definition) is 6. The van der Waals surface area contributed by atoms with Crippen LogP contribution < -0.4 is 9.80 Å². The molecule has 3 heterocycles. The van der Waals surface area contributed by atoms with Gasteiger partial charge in [0.2, 0.25) is 5.95 Å². The summed E-state index contributed by atoms with van der Waals surface area (Å²) in [5, 5.41) is 0. The number of nitrogens with zero attached hydrogens (tertiary/aromatic N) is 6. The van der Waals surface area contributed by atoms with Gasteiger partial charge in [-0.1, -0.05) is 6.92 Å². The van der Waals surface area contributed by atoms with Gasteiger partial charge >= 0.3 is 0 Å². The van der Waals surface area contributed by atoms with Gasteiger partial charge in [-0.25, -0.2) is 24.3 Å². The molecular weight excluding hydrogens is 295 g/mol. The topological polar surface area (TPSA) is 58.0 Å². The van der Waals surface area contributed by atoms with Crippen molar-refractivity contribution in [2.24, 2.45) is 0 Å². The minimum atomic E-state index is -0.326. The molecule has 0 aliphatic carbocycles. The lowest BCUT2D eigenvalue weighted by Crippen LogP contribution is -2.47. The summed E-state index contributed by atoms with van der Waals surface area (Å²) in [7, 11) is 0. The number of anilines is 2. The van der Waals surface area contributed by atoms with E-state index < -0.39 is 0 Å². The third-order valence-electron chi connectivity index (χ3n) is 4.07. The second kappa shape index (κ2) is 6.44. The molecule has 0 saturated carbocycles. The van der Waals surface area contributed by atoms with Crippen molar-refractivity contribution in [1.82, 2.24) is 19.9 Å². The summed E-state index contributed by atoms with van der Waals surface area (Å²) in [5.41, 5.74) is 1.52. The first-order valence-electron chi connectivity index (χ1n) is 7.90. The first kappa shape index (κ1) is 15.6. The van der Waals surface area contributed by atoms with Crippen LogP contribution in [0.5, 0.6) is 0 Å². The Morgan fingerprint density at radius 1 is 1.00 bits per heavy atom. The molecule has 1 fully saturated rings. The number of hydrogen-bond donors (Lipinski definition) is 0. The fourth-order valence-electron chi connectivity index (χ4n) is 2.70. The molecule has 122 valence electrons. The summed E-state index contributed by atoms with van der Waals surface area (Å²) in [5.74, 6) is 1.40. The quantitative estimate of drug-likeness (QED) is 0.862. The fourth-order valence-corrected chi connectivity index (χ4v) is 2.70. The molecular formula is C16H21FN6. The molecule has 0 unspecified atom stereocenters. The largest absolute Gasteiger partial charge is 0.351 e. The minimum Gasteiger partial charge on any atom is -0.351 e. The molecule has 2 aromatic heterocycles. The smallest absolute Gasteiger partial charge is 0.225 e. The zero-order valence-electron chi connectivity index (χ0n) is 13.8. The van der Waals surface area contributed by atoms with E-state index in [9.17, 15) is 4.39 Å². The molecule has 0 aromatic carbocycles. The van der Waals surface area contributed by atoms with Crippen LogP contribution in [0.25, 0.3) is 0 Å². The van der Waals surface area contributed by atoms with Crippen molar-refractivity contribution < 1.29 is 4.39 Å². The van der Waals surface area contributed by atoms with E-state index in [2.05, 4.69) is 31.8 Å². The van der Waals surface area contributed by atoms with Gasteiger partial charge < -0.3 is 9.80 Å². The van der Waals surface area contributed by atoms with Gasteiger partial charge in [0.05, 0.1) is 5.69 Å². The predicted octanol–water partition coefficient (Wildman–Crippen LogP) is 1.91. The summed E-state index contributed by atoms with van der Waals surface area (Å²) < 4.78 is 14.3. The Morgan fingerprint density at radius 3 is 2.22 bits per heavy atom. The molecule has 0 N–H and O–H groups in total. The predicted molar refractivity (Wildman–Crippen MR) is 87.3 cm³/mol. The van der Waals surface area contributed by atoms with Crippen LogP contribution in [0.2, 0.25) is 0 Å². The molecule has 1 aliphatic rings. The van der Waals surface area contributed by atoms with Crippen LogP contribution in [-0.4, -0.2) is 46.1 Å². The zero-order valence-corrected chi connectivity index (χ0v) is 13.8. The van der Waals surface area contributed by atoms with Crippen molar-refractivity contribution in [3.8, 4) is 0 Å². The SMILES string of the molecule is CCc1cnc(N2CCN(c3nc(C)nc(C)c3F)CC2)nc1. The van der Waals surface area contributed by atoms with Crippen LogP contribution in [0.15, 0.2) is 12.4 Å². The maximum absolute atomic E-state index is 14.3. The Hall–Kier alpha value is -2.31. The Labute approximate surface area is 135 Å². The normalized spacial score (nSPS) is 15.1. The maximum atomic E-state index is 14.3. The minimum absolute atomic E-state index is 0.326. The van der Waals surface area contributed by atoms with Gasteiger partial charge in [0.25, 0.3) is 0 Å². The van der Waals surface area contributed by atoms with Crippen LogP contribution in [-0.2, 0) is 6.42 Å². The van der Waals surface area contributed by atoms with Crippen LogP contribution in [0.1, 0.15) is 24.0 Å². The Bertz CT molecular complexity index is 680. The van der Waals surface area contributed by atoms with Crippen LogP contribution in [0.3, 0.4) is 0 Å².